The van der Waals surface area contributed by atoms with Crippen molar-refractivity contribution in [1.29, 1.82) is 0 Å². The van der Waals surface area contributed by atoms with Crippen molar-refractivity contribution in [1.82, 2.24) is 0 Å². The first-order valence-electron chi connectivity index (χ1n) is 3.38. The van der Waals surface area contributed by atoms with Gasteiger partial charge in [0.1, 0.15) is 0 Å². The first kappa shape index (κ1) is 8.39. The number of aromatic carboxylic acids is 1. The van der Waals surface area contributed by atoms with E-state index in [1.165, 1.54) is 13.1 Å². The number of azo groups is 1. The molecular formula is C8H8N2O2. The van der Waals surface area contributed by atoms with Gasteiger partial charge in [0.15, 0.2) is 0 Å². The Bertz CT molecular complexity index is 321. The van der Waals surface area contributed by atoms with Crippen LogP contribution in [0.2, 0.25) is 0 Å². The van der Waals surface area contributed by atoms with E-state index in [2.05, 4.69) is 10.2 Å². The van der Waals surface area contributed by atoms with Crippen molar-refractivity contribution in [3.8, 4) is 0 Å². The maximum Gasteiger partial charge on any atom is 0.337 e. The number of carboxylic acid groups (broad SMARTS) is 1. The first-order valence-corrected chi connectivity index (χ1v) is 3.38. The van der Waals surface area contributed by atoms with Crippen LogP contribution < -0.4 is 0 Å². The fourth-order valence-corrected chi connectivity index (χ4v) is 0.849. The SMILES string of the molecule is CN=Nc1ccccc1C(=O)O. The van der Waals surface area contributed by atoms with E-state index in [0.717, 1.165) is 0 Å². The molecule has 0 aliphatic heterocycles. The highest BCUT2D eigenvalue weighted by Crippen LogP contribution is 2.18. The highest BCUT2D eigenvalue weighted by molar-refractivity contribution is 5.93. The smallest absolute Gasteiger partial charge is 0.337 e. The van der Waals surface area contributed by atoms with E-state index in [1.807, 2.05) is 0 Å². The maximum atomic E-state index is 10.6. The molecule has 0 amide bonds. The molecule has 62 valence electrons. The molecule has 0 aromatic heterocycles. The van der Waals surface area contributed by atoms with E-state index in [-0.39, 0.29) is 5.56 Å². The minimum absolute atomic E-state index is 0.170. The van der Waals surface area contributed by atoms with Gasteiger partial charge in [0.25, 0.3) is 0 Å². The van der Waals surface area contributed by atoms with Crippen LogP contribution in [0.3, 0.4) is 0 Å². The van der Waals surface area contributed by atoms with Gasteiger partial charge in [-0.05, 0) is 12.1 Å². The van der Waals surface area contributed by atoms with E-state index >= 15 is 0 Å². The summed E-state index contributed by atoms with van der Waals surface area (Å²) in [6, 6.07) is 6.47. The summed E-state index contributed by atoms with van der Waals surface area (Å²) >= 11 is 0. The van der Waals surface area contributed by atoms with Gasteiger partial charge >= 0.3 is 5.97 Å². The molecule has 0 radical (unpaired) electrons. The number of rotatable bonds is 2. The average molecular weight is 164 g/mol. The molecular weight excluding hydrogens is 156 g/mol. The third-order valence-electron chi connectivity index (χ3n) is 1.34. The lowest BCUT2D eigenvalue weighted by molar-refractivity contribution is 0.0698. The summed E-state index contributed by atoms with van der Waals surface area (Å²) < 4.78 is 0. The Kier molecular flexibility index (Phi) is 2.53. The van der Waals surface area contributed by atoms with Crippen LogP contribution in [0.15, 0.2) is 34.5 Å². The molecule has 0 bridgehead atoms. The normalized spacial score (nSPS) is 10.4. The van der Waals surface area contributed by atoms with E-state index in [0.29, 0.717) is 5.69 Å². The molecule has 0 fully saturated rings. The lowest BCUT2D eigenvalue weighted by Gasteiger charge is -1.96. The summed E-state index contributed by atoms with van der Waals surface area (Å²) in [6.45, 7) is 0. The van der Waals surface area contributed by atoms with Crippen molar-refractivity contribution in [2.75, 3.05) is 7.05 Å². The molecule has 0 aliphatic carbocycles. The third-order valence-corrected chi connectivity index (χ3v) is 1.34. The summed E-state index contributed by atoms with van der Waals surface area (Å²) in [5.74, 6) is -0.988. The van der Waals surface area contributed by atoms with E-state index in [4.69, 9.17) is 5.11 Å². The van der Waals surface area contributed by atoms with Gasteiger partial charge in [-0.2, -0.15) is 10.2 Å². The molecule has 1 rings (SSSR count). The van der Waals surface area contributed by atoms with Gasteiger partial charge in [-0.25, -0.2) is 4.79 Å². The molecule has 1 N–H and O–H groups in total. The maximum absolute atomic E-state index is 10.6. The van der Waals surface area contributed by atoms with Gasteiger partial charge in [0, 0.05) is 7.05 Å². The van der Waals surface area contributed by atoms with Gasteiger partial charge in [0.05, 0.1) is 11.3 Å². The Balaban J connectivity index is 3.17. The second-order valence-corrected chi connectivity index (χ2v) is 2.12. The Morgan fingerprint density at radius 1 is 1.42 bits per heavy atom. The van der Waals surface area contributed by atoms with Crippen LogP contribution >= 0.6 is 0 Å². The minimum Gasteiger partial charge on any atom is -0.478 e. The van der Waals surface area contributed by atoms with Gasteiger partial charge < -0.3 is 5.11 Å². The summed E-state index contributed by atoms with van der Waals surface area (Å²) in [4.78, 5) is 10.6. The van der Waals surface area contributed by atoms with Crippen molar-refractivity contribution in [3.63, 3.8) is 0 Å². The van der Waals surface area contributed by atoms with Crippen LogP contribution in [0.4, 0.5) is 5.69 Å². The van der Waals surface area contributed by atoms with Gasteiger partial charge in [-0.1, -0.05) is 12.1 Å². The van der Waals surface area contributed by atoms with Crippen molar-refractivity contribution in [3.05, 3.63) is 29.8 Å². The molecule has 4 nitrogen and oxygen atoms in total. The fourth-order valence-electron chi connectivity index (χ4n) is 0.849. The lowest BCUT2D eigenvalue weighted by atomic mass is 10.2. The number of hydrogen-bond donors (Lipinski definition) is 1. The number of carboxylic acids is 1. The van der Waals surface area contributed by atoms with Crippen LogP contribution in [0.5, 0.6) is 0 Å². The van der Waals surface area contributed by atoms with Crippen molar-refractivity contribution in [2.45, 2.75) is 0 Å². The van der Waals surface area contributed by atoms with Crippen LogP contribution in [-0.2, 0) is 0 Å². The number of nitrogens with zero attached hydrogens (tertiary/aromatic N) is 2. The predicted molar refractivity (Wildman–Crippen MR) is 43.8 cm³/mol. The minimum atomic E-state index is -0.988. The Morgan fingerprint density at radius 3 is 2.67 bits per heavy atom. The highest BCUT2D eigenvalue weighted by Gasteiger charge is 2.06. The second kappa shape index (κ2) is 3.61. The molecule has 1 aromatic carbocycles. The average Bonchev–Trinajstić information content (AvgIpc) is 2.05. The molecule has 0 saturated heterocycles. The zero-order chi connectivity index (χ0) is 8.97. The molecule has 0 unspecified atom stereocenters. The molecule has 0 atom stereocenters. The molecule has 4 heteroatoms. The van der Waals surface area contributed by atoms with Crippen LogP contribution in [0.1, 0.15) is 10.4 Å². The quantitative estimate of drug-likeness (QED) is 0.680. The Morgan fingerprint density at radius 2 is 2.08 bits per heavy atom. The third kappa shape index (κ3) is 1.66. The van der Waals surface area contributed by atoms with Crippen LogP contribution in [0, 0.1) is 0 Å². The number of carbonyl (C=O) groups is 1. The van der Waals surface area contributed by atoms with Gasteiger partial charge in [0.2, 0.25) is 0 Å². The molecule has 0 aliphatic rings. The summed E-state index contributed by atoms with van der Waals surface area (Å²) in [7, 11) is 1.50. The fraction of sp³-hybridized carbons (Fsp3) is 0.125. The standard InChI is InChI=1S/C8H8N2O2/c1-9-10-7-5-3-2-4-6(7)8(11)12/h2-5H,1H3,(H,11,12). The highest BCUT2D eigenvalue weighted by atomic mass is 16.4. The molecule has 0 saturated carbocycles. The summed E-state index contributed by atoms with van der Waals surface area (Å²) in [5, 5.41) is 15.9. The largest absolute Gasteiger partial charge is 0.478 e. The molecule has 0 heterocycles. The first-order chi connectivity index (χ1) is 5.75. The van der Waals surface area contributed by atoms with Crippen molar-refractivity contribution in [2.24, 2.45) is 10.2 Å². The Labute approximate surface area is 69.6 Å². The number of benzene rings is 1. The van der Waals surface area contributed by atoms with Gasteiger partial charge in [-0.15, -0.1) is 0 Å². The summed E-state index contributed by atoms with van der Waals surface area (Å²) in [6.07, 6.45) is 0. The zero-order valence-corrected chi connectivity index (χ0v) is 6.56. The zero-order valence-electron chi connectivity index (χ0n) is 6.56. The van der Waals surface area contributed by atoms with Crippen LogP contribution in [0.25, 0.3) is 0 Å². The number of hydrogen-bond acceptors (Lipinski definition) is 3. The second-order valence-electron chi connectivity index (χ2n) is 2.12. The topological polar surface area (TPSA) is 62.0 Å². The van der Waals surface area contributed by atoms with E-state index in [1.54, 1.807) is 18.2 Å². The van der Waals surface area contributed by atoms with Crippen LogP contribution in [-0.4, -0.2) is 18.1 Å². The lowest BCUT2D eigenvalue weighted by Crippen LogP contribution is -1.95. The molecule has 1 aromatic rings. The van der Waals surface area contributed by atoms with E-state index < -0.39 is 5.97 Å². The van der Waals surface area contributed by atoms with Crippen molar-refractivity contribution >= 4 is 11.7 Å². The molecule has 12 heavy (non-hydrogen) atoms. The van der Waals surface area contributed by atoms with Gasteiger partial charge in [-0.3, -0.25) is 0 Å². The van der Waals surface area contributed by atoms with Crippen molar-refractivity contribution < 1.29 is 9.90 Å². The summed E-state index contributed by atoms with van der Waals surface area (Å²) in [5.41, 5.74) is 0.551. The molecule has 0 spiro atoms. The monoisotopic (exact) mass is 164 g/mol. The Hall–Kier alpha value is -1.71. The van der Waals surface area contributed by atoms with E-state index in [9.17, 15) is 4.79 Å². The predicted octanol–water partition coefficient (Wildman–Crippen LogP) is 2.10.